The lowest BCUT2D eigenvalue weighted by atomic mass is 10.3. The van der Waals surface area contributed by atoms with Crippen molar-refractivity contribution in [3.05, 3.63) is 36.3 Å². The molecule has 0 spiro atoms. The van der Waals surface area contributed by atoms with Crippen molar-refractivity contribution in [2.75, 3.05) is 5.32 Å². The third kappa shape index (κ3) is 3.74. The van der Waals surface area contributed by atoms with Crippen LogP contribution in [0.5, 0.6) is 5.88 Å². The van der Waals surface area contributed by atoms with Gasteiger partial charge in [-0.15, -0.1) is 0 Å². The van der Waals surface area contributed by atoms with Crippen LogP contribution in [-0.2, 0) is 7.05 Å². The summed E-state index contributed by atoms with van der Waals surface area (Å²) in [6.45, 7) is 3.80. The fourth-order valence-electron chi connectivity index (χ4n) is 1.94. The number of anilines is 1. The van der Waals surface area contributed by atoms with Gasteiger partial charge in [0.2, 0.25) is 11.0 Å². The number of nitrogens with one attached hydrogen (secondary N) is 1. The van der Waals surface area contributed by atoms with Crippen LogP contribution in [0, 0.1) is 0 Å². The highest BCUT2D eigenvalue weighted by Crippen LogP contribution is 2.21. The summed E-state index contributed by atoms with van der Waals surface area (Å²) >= 11 is 1.10. The number of ether oxygens (including phenoxy) is 1. The Morgan fingerprint density at radius 1 is 1.33 bits per heavy atom. The average molecular weight is 344 g/mol. The summed E-state index contributed by atoms with van der Waals surface area (Å²) in [6.07, 6.45) is 3.46. The first kappa shape index (κ1) is 16.1. The first-order valence-electron chi connectivity index (χ1n) is 7.29. The minimum atomic E-state index is -0.363. The lowest BCUT2D eigenvalue weighted by molar-refractivity contribution is 0.102. The summed E-state index contributed by atoms with van der Waals surface area (Å²) in [5, 5.41) is 7.17. The van der Waals surface area contributed by atoms with Crippen LogP contribution in [0.4, 0.5) is 5.13 Å². The van der Waals surface area contributed by atoms with Gasteiger partial charge in [0.15, 0.2) is 5.82 Å². The van der Waals surface area contributed by atoms with Gasteiger partial charge in [0, 0.05) is 30.8 Å². The van der Waals surface area contributed by atoms with Crippen LogP contribution < -0.4 is 10.1 Å². The van der Waals surface area contributed by atoms with Crippen molar-refractivity contribution in [3.8, 4) is 17.3 Å². The maximum absolute atomic E-state index is 12.3. The van der Waals surface area contributed by atoms with Crippen molar-refractivity contribution in [3.63, 3.8) is 0 Å². The van der Waals surface area contributed by atoms with Gasteiger partial charge < -0.3 is 4.74 Å². The van der Waals surface area contributed by atoms with Gasteiger partial charge in [0.05, 0.1) is 17.9 Å². The Morgan fingerprint density at radius 3 is 2.88 bits per heavy atom. The highest BCUT2D eigenvalue weighted by Gasteiger charge is 2.14. The fourth-order valence-corrected chi connectivity index (χ4v) is 2.52. The number of carbonyl (C=O) groups excluding carboxylic acids is 1. The van der Waals surface area contributed by atoms with Gasteiger partial charge >= 0.3 is 0 Å². The Bertz CT molecular complexity index is 857. The molecule has 0 aromatic carbocycles. The second-order valence-corrected chi connectivity index (χ2v) is 6.06. The molecule has 24 heavy (non-hydrogen) atoms. The number of aryl methyl sites for hydroxylation is 1. The minimum absolute atomic E-state index is 0.0130. The topological polar surface area (TPSA) is 94.8 Å². The molecular weight excluding hydrogens is 328 g/mol. The Hall–Kier alpha value is -2.81. The van der Waals surface area contributed by atoms with Crippen molar-refractivity contribution < 1.29 is 9.53 Å². The Morgan fingerprint density at radius 2 is 2.17 bits per heavy atom. The maximum atomic E-state index is 12.3. The minimum Gasteiger partial charge on any atom is -0.475 e. The Labute approximate surface area is 142 Å². The van der Waals surface area contributed by atoms with E-state index in [1.54, 1.807) is 29.1 Å². The molecule has 0 unspecified atom stereocenters. The molecule has 124 valence electrons. The summed E-state index contributed by atoms with van der Waals surface area (Å²) in [5.74, 6) is 0.567. The second kappa shape index (κ2) is 6.75. The smallest absolute Gasteiger partial charge is 0.276 e. The number of hydrogen-bond donors (Lipinski definition) is 1. The zero-order valence-corrected chi connectivity index (χ0v) is 14.2. The monoisotopic (exact) mass is 344 g/mol. The van der Waals surface area contributed by atoms with E-state index >= 15 is 0 Å². The summed E-state index contributed by atoms with van der Waals surface area (Å²) in [7, 11) is 1.82. The molecule has 1 N–H and O–H groups in total. The van der Waals surface area contributed by atoms with Crippen LogP contribution in [0.1, 0.15) is 24.3 Å². The van der Waals surface area contributed by atoms with Crippen LogP contribution in [0.15, 0.2) is 30.6 Å². The molecule has 0 saturated heterocycles. The molecule has 0 aliphatic heterocycles. The number of pyridine rings is 1. The predicted molar refractivity (Wildman–Crippen MR) is 90.1 cm³/mol. The van der Waals surface area contributed by atoms with E-state index in [0.29, 0.717) is 16.8 Å². The molecule has 0 saturated carbocycles. The molecule has 3 aromatic heterocycles. The number of rotatable bonds is 5. The van der Waals surface area contributed by atoms with E-state index in [1.807, 2.05) is 27.1 Å². The first-order valence-corrected chi connectivity index (χ1v) is 8.06. The molecule has 3 aromatic rings. The maximum Gasteiger partial charge on any atom is 0.276 e. The van der Waals surface area contributed by atoms with E-state index in [0.717, 1.165) is 17.1 Å². The number of aromatic nitrogens is 5. The molecule has 9 heteroatoms. The van der Waals surface area contributed by atoms with Crippen LogP contribution in [0.3, 0.4) is 0 Å². The largest absolute Gasteiger partial charge is 0.475 e. The van der Waals surface area contributed by atoms with Crippen molar-refractivity contribution >= 4 is 22.6 Å². The van der Waals surface area contributed by atoms with Gasteiger partial charge in [-0.2, -0.15) is 14.5 Å². The summed E-state index contributed by atoms with van der Waals surface area (Å²) in [5.41, 5.74) is 1.05. The number of carbonyl (C=O) groups is 1. The average Bonchev–Trinajstić information content (AvgIpc) is 3.16. The fraction of sp³-hybridized carbons (Fsp3) is 0.267. The number of hydrogen-bond acceptors (Lipinski definition) is 7. The summed E-state index contributed by atoms with van der Waals surface area (Å²) < 4.78 is 11.4. The lowest BCUT2D eigenvalue weighted by Gasteiger charge is -2.09. The molecule has 0 aliphatic carbocycles. The molecule has 3 rings (SSSR count). The Kier molecular flexibility index (Phi) is 4.52. The molecule has 0 bridgehead atoms. The standard InChI is InChI=1S/C15H16N6O2S/c1-9(2)23-12-6-4-5-11(17-12)14(22)19-15-18-13(20-24-15)10-7-16-21(3)8-10/h4-9H,1-3H3,(H,18,19,20,22). The lowest BCUT2D eigenvalue weighted by Crippen LogP contribution is -2.15. The van der Waals surface area contributed by atoms with E-state index < -0.39 is 0 Å². The molecule has 8 nitrogen and oxygen atoms in total. The van der Waals surface area contributed by atoms with E-state index in [-0.39, 0.29) is 17.7 Å². The normalized spacial score (nSPS) is 10.8. The van der Waals surface area contributed by atoms with E-state index in [2.05, 4.69) is 24.8 Å². The molecular formula is C15H16N6O2S. The van der Waals surface area contributed by atoms with Gasteiger partial charge in [-0.25, -0.2) is 4.98 Å². The molecule has 0 aliphatic rings. The molecule has 0 fully saturated rings. The van der Waals surface area contributed by atoms with Gasteiger partial charge in [0.25, 0.3) is 5.91 Å². The van der Waals surface area contributed by atoms with Crippen molar-refractivity contribution in [1.82, 2.24) is 24.1 Å². The van der Waals surface area contributed by atoms with Crippen molar-refractivity contribution in [2.45, 2.75) is 20.0 Å². The number of amides is 1. The van der Waals surface area contributed by atoms with Crippen molar-refractivity contribution in [1.29, 1.82) is 0 Å². The zero-order chi connectivity index (χ0) is 17.1. The van der Waals surface area contributed by atoms with Crippen LogP contribution >= 0.6 is 11.5 Å². The van der Waals surface area contributed by atoms with Crippen molar-refractivity contribution in [2.24, 2.45) is 7.05 Å². The van der Waals surface area contributed by atoms with Gasteiger partial charge in [0.1, 0.15) is 5.69 Å². The van der Waals surface area contributed by atoms with E-state index in [1.165, 1.54) is 0 Å². The quantitative estimate of drug-likeness (QED) is 0.763. The third-order valence-corrected chi connectivity index (χ3v) is 3.55. The molecule has 3 heterocycles. The molecule has 0 atom stereocenters. The van der Waals surface area contributed by atoms with Gasteiger partial charge in [-0.1, -0.05) is 6.07 Å². The van der Waals surface area contributed by atoms with Crippen LogP contribution in [-0.4, -0.2) is 36.1 Å². The SMILES string of the molecule is CC(C)Oc1cccc(C(=O)Nc2nc(-c3cnn(C)c3)ns2)n1. The number of nitrogens with zero attached hydrogens (tertiary/aromatic N) is 5. The van der Waals surface area contributed by atoms with E-state index in [4.69, 9.17) is 4.74 Å². The molecule has 1 amide bonds. The predicted octanol–water partition coefficient (Wildman–Crippen LogP) is 2.37. The second-order valence-electron chi connectivity index (χ2n) is 5.31. The zero-order valence-electron chi connectivity index (χ0n) is 13.4. The molecule has 0 radical (unpaired) electrons. The van der Waals surface area contributed by atoms with Crippen LogP contribution in [0.25, 0.3) is 11.4 Å². The van der Waals surface area contributed by atoms with Gasteiger partial charge in [-0.05, 0) is 19.9 Å². The highest BCUT2D eigenvalue weighted by atomic mass is 32.1. The Balaban J connectivity index is 1.72. The first-order chi connectivity index (χ1) is 11.5. The summed E-state index contributed by atoms with van der Waals surface area (Å²) in [6, 6.07) is 5.05. The highest BCUT2D eigenvalue weighted by molar-refractivity contribution is 7.10. The summed E-state index contributed by atoms with van der Waals surface area (Å²) in [4.78, 5) is 20.8. The van der Waals surface area contributed by atoms with Gasteiger partial charge in [-0.3, -0.25) is 14.8 Å². The third-order valence-electron chi connectivity index (χ3n) is 2.92. The van der Waals surface area contributed by atoms with Crippen LogP contribution in [0.2, 0.25) is 0 Å². The van der Waals surface area contributed by atoms with E-state index in [9.17, 15) is 4.79 Å².